The van der Waals surface area contributed by atoms with Crippen molar-refractivity contribution in [3.63, 3.8) is 0 Å². The van der Waals surface area contributed by atoms with E-state index in [1.54, 1.807) is 36.0 Å². The summed E-state index contributed by atoms with van der Waals surface area (Å²) in [5.74, 6) is 0. The minimum absolute atomic E-state index is 0.196. The summed E-state index contributed by atoms with van der Waals surface area (Å²) in [6, 6.07) is 11.2. The Morgan fingerprint density at radius 3 is 2.61 bits per heavy atom. The average molecular weight is 347 g/mol. The number of urea groups is 1. The fourth-order valence-corrected chi connectivity index (χ4v) is 3.03. The van der Waals surface area contributed by atoms with Crippen LogP contribution in [0.4, 0.5) is 4.79 Å². The van der Waals surface area contributed by atoms with Crippen LogP contribution >= 0.6 is 22.9 Å². The van der Waals surface area contributed by atoms with Gasteiger partial charge in [0.25, 0.3) is 0 Å². The first-order valence-corrected chi connectivity index (χ1v) is 8.32. The number of benzene rings is 1. The Kier molecular flexibility index (Phi) is 5.00. The van der Waals surface area contributed by atoms with Crippen LogP contribution in [0.25, 0.3) is 11.1 Å². The third kappa shape index (κ3) is 4.37. The lowest BCUT2D eigenvalue weighted by atomic mass is 10.2. The van der Waals surface area contributed by atoms with E-state index in [0.717, 1.165) is 21.6 Å². The Labute approximate surface area is 143 Å². The van der Waals surface area contributed by atoms with Crippen LogP contribution in [0.1, 0.15) is 10.4 Å². The van der Waals surface area contributed by atoms with Crippen molar-refractivity contribution in [3.8, 4) is 11.1 Å². The number of nitrogens with one attached hydrogen (secondary N) is 2. The van der Waals surface area contributed by atoms with E-state index in [1.165, 1.54) is 0 Å². The maximum atomic E-state index is 11.8. The molecule has 0 aliphatic heterocycles. The Balaban J connectivity index is 1.46. The summed E-state index contributed by atoms with van der Waals surface area (Å²) in [6.07, 6.45) is 3.35. The highest BCUT2D eigenvalue weighted by Gasteiger charge is 2.05. The van der Waals surface area contributed by atoms with Crippen LogP contribution in [0, 0.1) is 0 Å². The van der Waals surface area contributed by atoms with Gasteiger partial charge in [-0.1, -0.05) is 23.7 Å². The molecule has 0 radical (unpaired) electrons. The van der Waals surface area contributed by atoms with Gasteiger partial charge in [-0.25, -0.2) is 4.79 Å². The molecular weight excluding hydrogens is 332 g/mol. The summed E-state index contributed by atoms with van der Waals surface area (Å²) in [7, 11) is 0. The zero-order valence-electron chi connectivity index (χ0n) is 12.2. The van der Waals surface area contributed by atoms with Crippen LogP contribution in [0.2, 0.25) is 5.02 Å². The van der Waals surface area contributed by atoms with Gasteiger partial charge in [-0.2, -0.15) is 0 Å². The first-order chi connectivity index (χ1) is 11.2. The number of rotatable bonds is 5. The molecule has 0 bridgehead atoms. The second kappa shape index (κ2) is 7.35. The molecular formula is C17H15ClN2O2S. The highest BCUT2D eigenvalue weighted by atomic mass is 35.5. The molecule has 0 fully saturated rings. The number of hydrogen-bond donors (Lipinski definition) is 2. The number of halogens is 1. The smallest absolute Gasteiger partial charge is 0.315 e. The zero-order valence-corrected chi connectivity index (χ0v) is 13.8. The third-order valence-corrected chi connectivity index (χ3v) is 4.49. The maximum absolute atomic E-state index is 11.8. The number of carbonyl (C=O) groups excluding carboxylic acids is 1. The molecule has 3 rings (SSSR count). The van der Waals surface area contributed by atoms with Gasteiger partial charge < -0.3 is 15.1 Å². The van der Waals surface area contributed by atoms with Gasteiger partial charge in [0.1, 0.15) is 0 Å². The SMILES string of the molecule is O=C(NCc1ccc(Cl)cc1)NCc1cc(-c2ccoc2)cs1. The lowest BCUT2D eigenvalue weighted by Gasteiger charge is -2.07. The summed E-state index contributed by atoms with van der Waals surface area (Å²) in [5.41, 5.74) is 3.14. The van der Waals surface area contributed by atoms with Crippen molar-refractivity contribution in [1.82, 2.24) is 10.6 Å². The maximum Gasteiger partial charge on any atom is 0.315 e. The minimum Gasteiger partial charge on any atom is -0.472 e. The van der Waals surface area contributed by atoms with Crippen molar-refractivity contribution in [2.45, 2.75) is 13.1 Å². The molecule has 0 aliphatic carbocycles. The van der Waals surface area contributed by atoms with Gasteiger partial charge in [0.15, 0.2) is 0 Å². The molecule has 118 valence electrons. The Hall–Kier alpha value is -2.24. The number of hydrogen-bond acceptors (Lipinski definition) is 3. The summed E-state index contributed by atoms with van der Waals surface area (Å²) in [6.45, 7) is 0.961. The molecule has 0 saturated heterocycles. The second-order valence-electron chi connectivity index (χ2n) is 4.98. The number of thiophene rings is 1. The van der Waals surface area contributed by atoms with Crippen molar-refractivity contribution in [3.05, 3.63) is 69.8 Å². The standard InChI is InChI=1S/C17H15ClN2O2S/c18-15-3-1-12(2-4-15)8-19-17(21)20-9-16-7-14(11-23-16)13-5-6-22-10-13/h1-7,10-11H,8-9H2,(H2,19,20,21). The van der Waals surface area contributed by atoms with Crippen molar-refractivity contribution >= 4 is 29.0 Å². The van der Waals surface area contributed by atoms with Crippen molar-refractivity contribution in [1.29, 1.82) is 0 Å². The van der Waals surface area contributed by atoms with E-state index >= 15 is 0 Å². The van der Waals surface area contributed by atoms with E-state index in [2.05, 4.69) is 16.7 Å². The van der Waals surface area contributed by atoms with Gasteiger partial charge in [0, 0.05) is 22.0 Å². The molecule has 0 unspecified atom stereocenters. The molecule has 2 amide bonds. The average Bonchev–Trinajstić information content (AvgIpc) is 3.23. The molecule has 0 aliphatic rings. The van der Waals surface area contributed by atoms with Gasteiger partial charge >= 0.3 is 6.03 Å². The molecule has 1 aromatic carbocycles. The van der Waals surface area contributed by atoms with Crippen molar-refractivity contribution < 1.29 is 9.21 Å². The Bertz CT molecular complexity index is 766. The largest absolute Gasteiger partial charge is 0.472 e. The molecule has 4 nitrogen and oxygen atoms in total. The number of carbonyl (C=O) groups is 1. The van der Waals surface area contributed by atoms with E-state index in [-0.39, 0.29) is 6.03 Å². The van der Waals surface area contributed by atoms with Crippen molar-refractivity contribution in [2.24, 2.45) is 0 Å². The minimum atomic E-state index is -0.196. The van der Waals surface area contributed by atoms with E-state index in [1.807, 2.05) is 23.6 Å². The fraction of sp³-hybridized carbons (Fsp3) is 0.118. The van der Waals surface area contributed by atoms with Gasteiger partial charge in [0.05, 0.1) is 19.1 Å². The molecule has 3 aromatic rings. The molecule has 2 aromatic heterocycles. The zero-order chi connectivity index (χ0) is 16.1. The highest BCUT2D eigenvalue weighted by molar-refractivity contribution is 7.10. The van der Waals surface area contributed by atoms with Crippen molar-refractivity contribution in [2.75, 3.05) is 0 Å². The van der Waals surface area contributed by atoms with Gasteiger partial charge in [-0.15, -0.1) is 11.3 Å². The van der Waals surface area contributed by atoms with Crippen LogP contribution < -0.4 is 10.6 Å². The van der Waals surface area contributed by atoms with Crippen LogP contribution in [-0.4, -0.2) is 6.03 Å². The normalized spacial score (nSPS) is 10.5. The first-order valence-electron chi connectivity index (χ1n) is 7.07. The fourth-order valence-electron chi connectivity index (χ4n) is 2.07. The molecule has 0 spiro atoms. The van der Waals surface area contributed by atoms with Gasteiger partial charge in [0.2, 0.25) is 0 Å². The van der Waals surface area contributed by atoms with Gasteiger partial charge in [-0.05, 0) is 40.8 Å². The van der Waals surface area contributed by atoms with Crippen LogP contribution in [0.15, 0.2) is 58.7 Å². The second-order valence-corrected chi connectivity index (χ2v) is 6.41. The summed E-state index contributed by atoms with van der Waals surface area (Å²) in [4.78, 5) is 12.9. The topological polar surface area (TPSA) is 54.3 Å². The predicted molar refractivity (Wildman–Crippen MR) is 92.5 cm³/mol. The van der Waals surface area contributed by atoms with Crippen LogP contribution in [0.5, 0.6) is 0 Å². The molecule has 23 heavy (non-hydrogen) atoms. The molecule has 2 N–H and O–H groups in total. The molecule has 0 atom stereocenters. The highest BCUT2D eigenvalue weighted by Crippen LogP contribution is 2.25. The summed E-state index contributed by atoms with van der Waals surface area (Å²) < 4.78 is 5.07. The summed E-state index contributed by atoms with van der Waals surface area (Å²) >= 11 is 7.43. The number of amides is 2. The quantitative estimate of drug-likeness (QED) is 0.705. The first kappa shape index (κ1) is 15.6. The lowest BCUT2D eigenvalue weighted by Crippen LogP contribution is -2.34. The molecule has 6 heteroatoms. The number of furan rings is 1. The van der Waals surface area contributed by atoms with E-state index in [0.29, 0.717) is 18.1 Å². The monoisotopic (exact) mass is 346 g/mol. The van der Waals surface area contributed by atoms with Crippen LogP contribution in [0.3, 0.4) is 0 Å². The Morgan fingerprint density at radius 1 is 1.09 bits per heavy atom. The lowest BCUT2D eigenvalue weighted by molar-refractivity contribution is 0.240. The molecule has 2 heterocycles. The van der Waals surface area contributed by atoms with E-state index < -0.39 is 0 Å². The van der Waals surface area contributed by atoms with Gasteiger partial charge in [-0.3, -0.25) is 0 Å². The third-order valence-electron chi connectivity index (χ3n) is 3.30. The predicted octanol–water partition coefficient (Wildman–Crippen LogP) is 4.66. The summed E-state index contributed by atoms with van der Waals surface area (Å²) in [5, 5.41) is 8.40. The van der Waals surface area contributed by atoms with Crippen LogP contribution in [-0.2, 0) is 13.1 Å². The van der Waals surface area contributed by atoms with E-state index in [4.69, 9.17) is 16.0 Å². The Morgan fingerprint density at radius 2 is 1.87 bits per heavy atom. The molecule has 0 saturated carbocycles. The van der Waals surface area contributed by atoms with E-state index in [9.17, 15) is 4.79 Å².